The Hall–Kier alpha value is -1.66. The summed E-state index contributed by atoms with van der Waals surface area (Å²) >= 11 is 0. The highest BCUT2D eigenvalue weighted by atomic mass is 16.5. The summed E-state index contributed by atoms with van der Waals surface area (Å²) < 4.78 is 10.3. The number of hydrogen-bond acceptors (Lipinski definition) is 5. The lowest BCUT2D eigenvalue weighted by atomic mass is 10.2. The van der Waals surface area contributed by atoms with E-state index in [1.54, 1.807) is 19.4 Å². The van der Waals surface area contributed by atoms with E-state index in [4.69, 9.17) is 14.6 Å². The van der Waals surface area contributed by atoms with Crippen LogP contribution in [-0.4, -0.2) is 42.4 Å². The molecule has 1 rings (SSSR count). The third kappa shape index (κ3) is 5.99. The minimum absolute atomic E-state index is 0.478. The fraction of sp³-hybridized carbons (Fsp3) is 0.571. The Labute approximate surface area is 119 Å². The maximum absolute atomic E-state index is 11.0. The summed E-state index contributed by atoms with van der Waals surface area (Å²) in [4.78, 5) is 15.2. The summed E-state index contributed by atoms with van der Waals surface area (Å²) in [6.07, 6.45) is 1.98. The number of pyridine rings is 1. The molecule has 0 saturated heterocycles. The molecule has 0 amide bonds. The third-order valence-corrected chi connectivity index (χ3v) is 2.69. The van der Waals surface area contributed by atoms with Gasteiger partial charge >= 0.3 is 5.97 Å². The Balaban J connectivity index is 2.46. The molecule has 1 aromatic heterocycles. The lowest BCUT2D eigenvalue weighted by molar-refractivity contribution is -0.145. The monoisotopic (exact) mass is 282 g/mol. The standard InChI is InChI=1S/C14H22N2O4/c1-3-4-13(14(17)18)20-12-6-5-11(16-10-12)9-15-7-8-19-2/h5-6,10,13,15H,3-4,7-9H2,1-2H3,(H,17,18). The van der Waals surface area contributed by atoms with E-state index < -0.39 is 12.1 Å². The van der Waals surface area contributed by atoms with Gasteiger partial charge in [-0.1, -0.05) is 13.3 Å². The van der Waals surface area contributed by atoms with Crippen LogP contribution in [0.25, 0.3) is 0 Å². The summed E-state index contributed by atoms with van der Waals surface area (Å²) in [6, 6.07) is 3.56. The number of nitrogens with zero attached hydrogens (tertiary/aromatic N) is 1. The summed E-state index contributed by atoms with van der Waals surface area (Å²) in [5.74, 6) is -0.469. The second kappa shape index (κ2) is 9.28. The van der Waals surface area contributed by atoms with E-state index in [0.717, 1.165) is 18.7 Å². The average Bonchev–Trinajstić information content (AvgIpc) is 2.44. The zero-order valence-corrected chi connectivity index (χ0v) is 12.0. The number of aliphatic carboxylic acids is 1. The molecule has 112 valence electrons. The van der Waals surface area contributed by atoms with Crippen LogP contribution in [0.4, 0.5) is 0 Å². The highest BCUT2D eigenvalue weighted by Gasteiger charge is 2.18. The van der Waals surface area contributed by atoms with Crippen molar-refractivity contribution in [2.75, 3.05) is 20.3 Å². The van der Waals surface area contributed by atoms with Crippen molar-refractivity contribution in [2.45, 2.75) is 32.4 Å². The molecule has 1 unspecified atom stereocenters. The molecule has 6 nitrogen and oxygen atoms in total. The first-order valence-corrected chi connectivity index (χ1v) is 6.71. The van der Waals surface area contributed by atoms with Crippen LogP contribution in [0.15, 0.2) is 18.3 Å². The van der Waals surface area contributed by atoms with Gasteiger partial charge in [-0.25, -0.2) is 4.79 Å². The van der Waals surface area contributed by atoms with Crippen LogP contribution in [0.1, 0.15) is 25.5 Å². The first-order chi connectivity index (χ1) is 9.67. The van der Waals surface area contributed by atoms with Crippen LogP contribution in [0.5, 0.6) is 5.75 Å². The van der Waals surface area contributed by atoms with E-state index in [1.165, 1.54) is 0 Å². The van der Waals surface area contributed by atoms with Crippen molar-refractivity contribution in [3.63, 3.8) is 0 Å². The molecule has 0 aliphatic heterocycles. The molecular formula is C14H22N2O4. The smallest absolute Gasteiger partial charge is 0.344 e. The van der Waals surface area contributed by atoms with Gasteiger partial charge in [0.05, 0.1) is 18.5 Å². The Bertz CT molecular complexity index is 395. The van der Waals surface area contributed by atoms with Crippen molar-refractivity contribution in [3.8, 4) is 5.75 Å². The van der Waals surface area contributed by atoms with Crippen molar-refractivity contribution in [2.24, 2.45) is 0 Å². The SMILES string of the molecule is CCCC(Oc1ccc(CNCCOC)nc1)C(=O)O. The van der Waals surface area contributed by atoms with Crippen LogP contribution in [0.3, 0.4) is 0 Å². The summed E-state index contributed by atoms with van der Waals surface area (Å²) in [7, 11) is 1.65. The molecule has 0 spiro atoms. The van der Waals surface area contributed by atoms with Gasteiger partial charge in [0.1, 0.15) is 5.75 Å². The Morgan fingerprint density at radius 2 is 2.30 bits per heavy atom. The molecular weight excluding hydrogens is 260 g/mol. The Kier molecular flexibility index (Phi) is 7.60. The first-order valence-electron chi connectivity index (χ1n) is 6.71. The van der Waals surface area contributed by atoms with E-state index >= 15 is 0 Å². The summed E-state index contributed by atoms with van der Waals surface area (Å²) in [5, 5.41) is 12.2. The number of methoxy groups -OCH3 is 1. The molecule has 20 heavy (non-hydrogen) atoms. The number of nitrogens with one attached hydrogen (secondary N) is 1. The fourth-order valence-corrected chi connectivity index (χ4v) is 1.64. The van der Waals surface area contributed by atoms with Crippen molar-refractivity contribution in [3.05, 3.63) is 24.0 Å². The Morgan fingerprint density at radius 1 is 1.50 bits per heavy atom. The van der Waals surface area contributed by atoms with Gasteiger partial charge in [-0.15, -0.1) is 0 Å². The number of carbonyl (C=O) groups is 1. The van der Waals surface area contributed by atoms with E-state index in [1.807, 2.05) is 13.0 Å². The van der Waals surface area contributed by atoms with Crippen molar-refractivity contribution >= 4 is 5.97 Å². The molecule has 0 bridgehead atoms. The number of hydrogen-bond donors (Lipinski definition) is 2. The van der Waals surface area contributed by atoms with Crippen LogP contribution in [0, 0.1) is 0 Å². The van der Waals surface area contributed by atoms with Crippen molar-refractivity contribution in [1.29, 1.82) is 0 Å². The van der Waals surface area contributed by atoms with E-state index in [2.05, 4.69) is 10.3 Å². The number of carboxylic acid groups (broad SMARTS) is 1. The van der Waals surface area contributed by atoms with Crippen molar-refractivity contribution < 1.29 is 19.4 Å². The molecule has 0 aromatic carbocycles. The molecule has 0 saturated carbocycles. The number of ether oxygens (including phenoxy) is 2. The second-order valence-corrected chi connectivity index (χ2v) is 4.39. The lowest BCUT2D eigenvalue weighted by Crippen LogP contribution is -2.26. The number of carboxylic acids is 1. The van der Waals surface area contributed by atoms with Crippen LogP contribution in [0.2, 0.25) is 0 Å². The van der Waals surface area contributed by atoms with Crippen LogP contribution < -0.4 is 10.1 Å². The first kappa shape index (κ1) is 16.4. The normalized spacial score (nSPS) is 12.1. The molecule has 0 aliphatic carbocycles. The van der Waals surface area contributed by atoms with Crippen LogP contribution >= 0.6 is 0 Å². The van der Waals surface area contributed by atoms with Gasteiger partial charge in [0.25, 0.3) is 0 Å². The fourth-order valence-electron chi connectivity index (χ4n) is 1.64. The van der Waals surface area contributed by atoms with E-state index in [-0.39, 0.29) is 0 Å². The summed E-state index contributed by atoms with van der Waals surface area (Å²) in [5.41, 5.74) is 0.871. The molecule has 0 radical (unpaired) electrons. The maximum Gasteiger partial charge on any atom is 0.344 e. The summed E-state index contributed by atoms with van der Waals surface area (Å²) in [6.45, 7) is 3.97. The molecule has 1 heterocycles. The molecule has 1 atom stereocenters. The molecule has 2 N–H and O–H groups in total. The Morgan fingerprint density at radius 3 is 2.85 bits per heavy atom. The van der Waals surface area contributed by atoms with Gasteiger partial charge in [-0.2, -0.15) is 0 Å². The molecule has 1 aromatic rings. The molecule has 0 fully saturated rings. The predicted molar refractivity (Wildman–Crippen MR) is 74.8 cm³/mol. The maximum atomic E-state index is 11.0. The van der Waals surface area contributed by atoms with E-state index in [0.29, 0.717) is 25.3 Å². The third-order valence-electron chi connectivity index (χ3n) is 2.69. The van der Waals surface area contributed by atoms with E-state index in [9.17, 15) is 4.79 Å². The second-order valence-electron chi connectivity index (χ2n) is 4.39. The minimum atomic E-state index is -0.947. The molecule has 6 heteroatoms. The molecule has 0 aliphatic rings. The van der Waals surface area contributed by atoms with Gasteiger partial charge in [-0.05, 0) is 18.6 Å². The topological polar surface area (TPSA) is 80.7 Å². The largest absolute Gasteiger partial charge is 0.479 e. The quantitative estimate of drug-likeness (QED) is 0.632. The highest BCUT2D eigenvalue weighted by molar-refractivity contribution is 5.72. The zero-order valence-electron chi connectivity index (χ0n) is 12.0. The predicted octanol–water partition coefficient (Wildman–Crippen LogP) is 1.45. The van der Waals surface area contributed by atoms with Crippen LogP contribution in [-0.2, 0) is 16.1 Å². The number of aromatic nitrogens is 1. The van der Waals surface area contributed by atoms with Gasteiger partial charge < -0.3 is 19.9 Å². The van der Waals surface area contributed by atoms with Gasteiger partial charge in [0.2, 0.25) is 0 Å². The van der Waals surface area contributed by atoms with Gasteiger partial charge in [0.15, 0.2) is 6.10 Å². The van der Waals surface area contributed by atoms with Crippen molar-refractivity contribution in [1.82, 2.24) is 10.3 Å². The van der Waals surface area contributed by atoms with Gasteiger partial charge in [-0.3, -0.25) is 4.98 Å². The highest BCUT2D eigenvalue weighted by Crippen LogP contribution is 2.14. The number of rotatable bonds is 10. The minimum Gasteiger partial charge on any atom is -0.479 e. The average molecular weight is 282 g/mol. The van der Waals surface area contributed by atoms with Gasteiger partial charge in [0, 0.05) is 20.2 Å². The zero-order chi connectivity index (χ0) is 14.8. The lowest BCUT2D eigenvalue weighted by Gasteiger charge is -2.14.